The van der Waals surface area contributed by atoms with Crippen LogP contribution in [-0.2, 0) is 9.84 Å². The number of hydrogen-bond acceptors (Lipinski definition) is 3. The van der Waals surface area contributed by atoms with E-state index in [0.29, 0.717) is 12.0 Å². The van der Waals surface area contributed by atoms with Gasteiger partial charge >= 0.3 is 5.76 Å². The molecule has 1 fully saturated rings. The van der Waals surface area contributed by atoms with Gasteiger partial charge in [0.25, 0.3) is 0 Å². The van der Waals surface area contributed by atoms with E-state index in [4.69, 9.17) is 0 Å². The summed E-state index contributed by atoms with van der Waals surface area (Å²) in [4.78, 5) is -0.358. The number of alkyl halides is 2. The molecule has 116 valence electrons. The fourth-order valence-electron chi connectivity index (χ4n) is 2.48. The van der Waals surface area contributed by atoms with E-state index in [1.54, 1.807) is 0 Å². The second-order valence-electron chi connectivity index (χ2n) is 5.33. The second kappa shape index (κ2) is 5.68. The number of benzene rings is 2. The minimum atomic E-state index is -4.52. The molecule has 1 aliphatic carbocycles. The van der Waals surface area contributed by atoms with E-state index in [9.17, 15) is 17.2 Å². The Balaban J connectivity index is 1.66. The first kappa shape index (κ1) is 15.0. The number of rotatable bonds is 5. The van der Waals surface area contributed by atoms with Crippen molar-refractivity contribution >= 4 is 15.5 Å². The first-order chi connectivity index (χ1) is 10.5. The van der Waals surface area contributed by atoms with Crippen molar-refractivity contribution in [2.24, 2.45) is 0 Å². The molecule has 22 heavy (non-hydrogen) atoms. The summed E-state index contributed by atoms with van der Waals surface area (Å²) in [6, 6.07) is 15.9. The lowest BCUT2D eigenvalue weighted by molar-refractivity contribution is 0.234. The van der Waals surface area contributed by atoms with Gasteiger partial charge in [-0.25, -0.2) is 8.42 Å². The summed E-state index contributed by atoms with van der Waals surface area (Å²) in [5, 5.41) is 3.29. The Kier molecular flexibility index (Phi) is 3.87. The molecule has 0 aliphatic heterocycles. The first-order valence-corrected chi connectivity index (χ1v) is 8.47. The van der Waals surface area contributed by atoms with Crippen molar-refractivity contribution in [2.75, 3.05) is 5.32 Å². The van der Waals surface area contributed by atoms with Crippen LogP contribution in [0.4, 0.5) is 14.5 Å². The lowest BCUT2D eigenvalue weighted by Crippen LogP contribution is -2.11. The van der Waals surface area contributed by atoms with Crippen molar-refractivity contribution in [3.63, 3.8) is 0 Å². The van der Waals surface area contributed by atoms with E-state index in [1.165, 1.54) is 29.8 Å². The molecule has 0 heterocycles. The van der Waals surface area contributed by atoms with E-state index in [1.807, 2.05) is 18.2 Å². The van der Waals surface area contributed by atoms with Crippen molar-refractivity contribution in [3.05, 3.63) is 60.2 Å². The quantitative estimate of drug-likeness (QED) is 0.913. The molecule has 1 saturated carbocycles. The molecule has 3 rings (SSSR count). The predicted octanol–water partition coefficient (Wildman–Crippen LogP) is 3.65. The van der Waals surface area contributed by atoms with Crippen LogP contribution in [0.5, 0.6) is 0 Å². The third-order valence-corrected chi connectivity index (χ3v) is 5.19. The molecule has 0 aromatic heterocycles. The van der Waals surface area contributed by atoms with Crippen molar-refractivity contribution in [3.8, 4) is 0 Å². The van der Waals surface area contributed by atoms with Gasteiger partial charge in [0, 0.05) is 17.6 Å². The zero-order valence-electron chi connectivity index (χ0n) is 11.6. The molecule has 1 aliphatic rings. The standard InChI is InChI=1S/C16H15F2NO2S/c17-16(18)22(20,21)13-8-6-12(7-9-13)19-15-10-14(15)11-4-2-1-3-5-11/h1-9,14-16,19H,10H2. The van der Waals surface area contributed by atoms with Crippen molar-refractivity contribution < 1.29 is 17.2 Å². The average Bonchev–Trinajstić information content (AvgIpc) is 3.28. The number of sulfone groups is 1. The fraction of sp³-hybridized carbons (Fsp3) is 0.250. The van der Waals surface area contributed by atoms with E-state index in [2.05, 4.69) is 17.4 Å². The Morgan fingerprint density at radius 3 is 2.23 bits per heavy atom. The zero-order valence-corrected chi connectivity index (χ0v) is 12.4. The van der Waals surface area contributed by atoms with Crippen LogP contribution in [0.25, 0.3) is 0 Å². The van der Waals surface area contributed by atoms with Gasteiger partial charge in [-0.1, -0.05) is 30.3 Å². The highest BCUT2D eigenvalue weighted by Gasteiger charge is 2.38. The number of anilines is 1. The highest BCUT2D eigenvalue weighted by molar-refractivity contribution is 7.91. The normalized spacial score (nSPS) is 20.9. The SMILES string of the molecule is O=S(=O)(c1ccc(NC2CC2c2ccccc2)cc1)C(F)F. The van der Waals surface area contributed by atoms with Crippen molar-refractivity contribution in [2.45, 2.75) is 29.0 Å². The molecule has 1 N–H and O–H groups in total. The zero-order chi connectivity index (χ0) is 15.7. The summed E-state index contributed by atoms with van der Waals surface area (Å²) in [5.41, 5.74) is 1.99. The summed E-state index contributed by atoms with van der Waals surface area (Å²) in [7, 11) is -4.52. The Labute approximate surface area is 127 Å². The van der Waals surface area contributed by atoms with Crippen LogP contribution in [0.3, 0.4) is 0 Å². The van der Waals surface area contributed by atoms with Crippen LogP contribution in [0.1, 0.15) is 17.9 Å². The maximum Gasteiger partial charge on any atom is 0.341 e. The highest BCUT2D eigenvalue weighted by atomic mass is 32.2. The predicted molar refractivity (Wildman–Crippen MR) is 80.8 cm³/mol. The van der Waals surface area contributed by atoms with Gasteiger partial charge in [-0.3, -0.25) is 0 Å². The van der Waals surface area contributed by atoms with Gasteiger partial charge in [-0.05, 0) is 36.2 Å². The van der Waals surface area contributed by atoms with Crippen LogP contribution in [0, 0.1) is 0 Å². The van der Waals surface area contributed by atoms with Gasteiger partial charge in [-0.15, -0.1) is 0 Å². The van der Waals surface area contributed by atoms with Crippen LogP contribution < -0.4 is 5.32 Å². The van der Waals surface area contributed by atoms with Gasteiger partial charge in [0.05, 0.1) is 4.90 Å². The third kappa shape index (κ3) is 2.97. The van der Waals surface area contributed by atoms with Gasteiger partial charge in [0.2, 0.25) is 9.84 Å². The van der Waals surface area contributed by atoms with E-state index < -0.39 is 15.6 Å². The van der Waals surface area contributed by atoms with Gasteiger partial charge < -0.3 is 5.32 Å². The molecule has 2 aromatic rings. The molecule has 0 saturated heterocycles. The summed E-state index contributed by atoms with van der Waals surface area (Å²) >= 11 is 0. The number of hydrogen-bond donors (Lipinski definition) is 1. The van der Waals surface area contributed by atoms with Crippen LogP contribution in [0.2, 0.25) is 0 Å². The number of nitrogens with one attached hydrogen (secondary N) is 1. The minimum Gasteiger partial charge on any atom is -0.382 e. The third-order valence-electron chi connectivity index (χ3n) is 3.79. The fourth-order valence-corrected chi connectivity index (χ4v) is 3.20. The molecule has 3 nitrogen and oxygen atoms in total. The molecular formula is C16H15F2NO2S. The molecule has 2 unspecified atom stereocenters. The molecule has 0 radical (unpaired) electrons. The second-order valence-corrected chi connectivity index (χ2v) is 7.25. The lowest BCUT2D eigenvalue weighted by Gasteiger charge is -2.08. The van der Waals surface area contributed by atoms with Crippen molar-refractivity contribution in [1.29, 1.82) is 0 Å². The maximum atomic E-state index is 12.5. The molecule has 2 aromatic carbocycles. The Bertz CT molecular complexity index is 745. The Hall–Kier alpha value is -1.95. The van der Waals surface area contributed by atoms with Gasteiger partial charge in [-0.2, -0.15) is 8.78 Å². The number of halogens is 2. The largest absolute Gasteiger partial charge is 0.382 e. The molecule has 2 atom stereocenters. The summed E-state index contributed by atoms with van der Waals surface area (Å²) in [6.45, 7) is 0. The van der Waals surface area contributed by atoms with Gasteiger partial charge in [0.1, 0.15) is 0 Å². The molecule has 6 heteroatoms. The first-order valence-electron chi connectivity index (χ1n) is 6.92. The van der Waals surface area contributed by atoms with Crippen LogP contribution in [-0.4, -0.2) is 20.2 Å². The smallest absolute Gasteiger partial charge is 0.341 e. The monoisotopic (exact) mass is 323 g/mol. The molecule has 0 bridgehead atoms. The van der Waals surface area contributed by atoms with Crippen molar-refractivity contribution in [1.82, 2.24) is 0 Å². The molecular weight excluding hydrogens is 308 g/mol. The Morgan fingerprint density at radius 2 is 1.64 bits per heavy atom. The highest BCUT2D eigenvalue weighted by Crippen LogP contribution is 2.42. The Morgan fingerprint density at radius 1 is 1.00 bits per heavy atom. The molecule has 0 amide bonds. The lowest BCUT2D eigenvalue weighted by atomic mass is 10.1. The van der Waals surface area contributed by atoms with E-state index in [-0.39, 0.29) is 4.90 Å². The van der Waals surface area contributed by atoms with Crippen LogP contribution >= 0.6 is 0 Å². The summed E-state index contributed by atoms with van der Waals surface area (Å²) < 4.78 is 47.6. The summed E-state index contributed by atoms with van der Waals surface area (Å²) in [6.07, 6.45) is 1.00. The molecule has 0 spiro atoms. The maximum absolute atomic E-state index is 12.5. The topological polar surface area (TPSA) is 46.2 Å². The van der Waals surface area contributed by atoms with E-state index in [0.717, 1.165) is 12.1 Å². The average molecular weight is 323 g/mol. The summed E-state index contributed by atoms with van der Waals surface area (Å²) in [5.74, 6) is -2.96. The van der Waals surface area contributed by atoms with Crippen LogP contribution in [0.15, 0.2) is 59.5 Å². The minimum absolute atomic E-state index is 0.292. The van der Waals surface area contributed by atoms with Gasteiger partial charge in [0.15, 0.2) is 0 Å². The van der Waals surface area contributed by atoms with E-state index >= 15 is 0 Å².